The number of nitrogens with one attached hydrogen (secondary N) is 1. The van der Waals surface area contributed by atoms with Crippen LogP contribution in [-0.4, -0.2) is 18.2 Å². The highest BCUT2D eigenvalue weighted by atomic mass is 19.1. The van der Waals surface area contributed by atoms with Crippen molar-refractivity contribution in [1.29, 1.82) is 0 Å². The lowest BCUT2D eigenvalue weighted by Crippen LogP contribution is -2.25. The predicted molar refractivity (Wildman–Crippen MR) is 88.5 cm³/mol. The van der Waals surface area contributed by atoms with Gasteiger partial charge in [-0.1, -0.05) is 18.2 Å². The van der Waals surface area contributed by atoms with Gasteiger partial charge in [0.2, 0.25) is 0 Å². The summed E-state index contributed by atoms with van der Waals surface area (Å²) in [6.07, 6.45) is 0. The van der Waals surface area contributed by atoms with E-state index < -0.39 is 5.91 Å². The number of hydrogen-bond donors (Lipinski definition) is 1. The van der Waals surface area contributed by atoms with Crippen molar-refractivity contribution in [3.63, 3.8) is 0 Å². The van der Waals surface area contributed by atoms with Crippen LogP contribution in [0.2, 0.25) is 0 Å². The van der Waals surface area contributed by atoms with Gasteiger partial charge in [-0.05, 0) is 43.3 Å². The molecule has 122 valence electrons. The van der Waals surface area contributed by atoms with Crippen molar-refractivity contribution in [3.05, 3.63) is 66.2 Å². The molecule has 0 aliphatic heterocycles. The number of rotatable bonds is 5. The maximum atomic E-state index is 12.8. The Kier molecular flexibility index (Phi) is 4.56. The first-order chi connectivity index (χ1) is 11.6. The van der Waals surface area contributed by atoms with Crippen LogP contribution in [0.25, 0.3) is 11.0 Å². The lowest BCUT2D eigenvalue weighted by Gasteiger charge is -2.05. The lowest BCUT2D eigenvalue weighted by molar-refractivity contribution is -0.123. The Hall–Kier alpha value is -3.15. The van der Waals surface area contributed by atoms with Gasteiger partial charge in [-0.25, -0.2) is 9.82 Å². The van der Waals surface area contributed by atoms with Crippen molar-refractivity contribution in [1.82, 2.24) is 5.43 Å². The van der Waals surface area contributed by atoms with E-state index in [1.54, 1.807) is 6.92 Å². The number of nitrogens with zero attached hydrogens (tertiary/aromatic N) is 1. The van der Waals surface area contributed by atoms with E-state index in [1.165, 1.54) is 24.3 Å². The zero-order chi connectivity index (χ0) is 16.9. The van der Waals surface area contributed by atoms with Crippen LogP contribution in [0.3, 0.4) is 0 Å². The molecule has 3 rings (SSSR count). The third-order valence-electron chi connectivity index (χ3n) is 3.31. The molecule has 1 heterocycles. The fraction of sp³-hybridized carbons (Fsp3) is 0.111. The van der Waals surface area contributed by atoms with Crippen LogP contribution in [0.15, 0.2) is 64.1 Å². The van der Waals surface area contributed by atoms with Gasteiger partial charge in [0.1, 0.15) is 22.9 Å². The van der Waals surface area contributed by atoms with Crippen molar-refractivity contribution in [2.24, 2.45) is 5.10 Å². The molecular weight excluding hydrogens is 311 g/mol. The van der Waals surface area contributed by atoms with Gasteiger partial charge >= 0.3 is 0 Å². The number of para-hydroxylation sites is 1. The van der Waals surface area contributed by atoms with Gasteiger partial charge in [0, 0.05) is 5.39 Å². The van der Waals surface area contributed by atoms with Crippen LogP contribution in [0.1, 0.15) is 12.7 Å². The summed E-state index contributed by atoms with van der Waals surface area (Å²) in [6, 6.07) is 14.9. The Morgan fingerprint density at radius 2 is 1.96 bits per heavy atom. The quantitative estimate of drug-likeness (QED) is 0.576. The highest BCUT2D eigenvalue weighted by Crippen LogP contribution is 2.19. The topological polar surface area (TPSA) is 63.8 Å². The van der Waals surface area contributed by atoms with E-state index in [0.29, 0.717) is 17.2 Å². The van der Waals surface area contributed by atoms with Crippen LogP contribution in [-0.2, 0) is 4.79 Å². The standard InChI is InChI=1S/C18H15FN2O3/c1-12(17-10-13-4-2-3-5-16(13)24-17)20-21-18(22)11-23-15-8-6-14(19)7-9-15/h2-10H,11H2,1H3,(H,21,22)/b20-12-. The molecule has 1 amide bonds. The fourth-order valence-corrected chi connectivity index (χ4v) is 2.07. The second-order valence-electron chi connectivity index (χ2n) is 5.12. The molecule has 2 aromatic carbocycles. The number of amides is 1. The molecule has 6 heteroatoms. The molecule has 5 nitrogen and oxygen atoms in total. The van der Waals surface area contributed by atoms with Crippen LogP contribution < -0.4 is 10.2 Å². The van der Waals surface area contributed by atoms with Gasteiger partial charge in [-0.15, -0.1) is 0 Å². The molecule has 0 atom stereocenters. The Bertz CT molecular complexity index is 852. The molecule has 0 bridgehead atoms. The van der Waals surface area contributed by atoms with Gasteiger partial charge in [0.25, 0.3) is 5.91 Å². The van der Waals surface area contributed by atoms with E-state index in [-0.39, 0.29) is 12.4 Å². The number of carbonyl (C=O) groups is 1. The smallest absolute Gasteiger partial charge is 0.277 e. The van der Waals surface area contributed by atoms with Gasteiger partial charge < -0.3 is 9.15 Å². The summed E-state index contributed by atoms with van der Waals surface area (Å²) in [5.74, 6) is 0.202. The molecule has 1 aromatic heterocycles. The van der Waals surface area contributed by atoms with Gasteiger partial charge in [0.15, 0.2) is 12.4 Å². The molecule has 0 aliphatic rings. The number of benzene rings is 2. The SMILES string of the molecule is C/C(=N/NC(=O)COc1ccc(F)cc1)c1cc2ccccc2o1. The first-order valence-electron chi connectivity index (χ1n) is 7.32. The van der Waals surface area contributed by atoms with E-state index in [1.807, 2.05) is 30.3 Å². The van der Waals surface area contributed by atoms with E-state index in [2.05, 4.69) is 10.5 Å². The first kappa shape index (κ1) is 15.7. The molecule has 0 radical (unpaired) electrons. The molecule has 0 saturated carbocycles. The molecule has 0 saturated heterocycles. The normalized spacial score (nSPS) is 11.5. The minimum atomic E-state index is -0.421. The largest absolute Gasteiger partial charge is 0.484 e. The van der Waals surface area contributed by atoms with Crippen LogP contribution in [0.4, 0.5) is 4.39 Å². The molecular formula is C18H15FN2O3. The van der Waals surface area contributed by atoms with Crippen LogP contribution in [0.5, 0.6) is 5.75 Å². The minimum absolute atomic E-state index is 0.220. The Balaban J connectivity index is 1.57. The molecule has 3 aromatic rings. The van der Waals surface area contributed by atoms with Crippen molar-refractivity contribution >= 4 is 22.6 Å². The zero-order valence-corrected chi connectivity index (χ0v) is 13.0. The van der Waals surface area contributed by atoms with Crippen LogP contribution in [0, 0.1) is 5.82 Å². The summed E-state index contributed by atoms with van der Waals surface area (Å²) < 4.78 is 23.7. The summed E-state index contributed by atoms with van der Waals surface area (Å²) in [4.78, 5) is 11.7. The average molecular weight is 326 g/mol. The number of hydrazone groups is 1. The number of furan rings is 1. The Labute approximate surface area is 137 Å². The fourth-order valence-electron chi connectivity index (χ4n) is 2.07. The average Bonchev–Trinajstić information content (AvgIpc) is 3.03. The Morgan fingerprint density at radius 3 is 2.71 bits per heavy atom. The summed E-state index contributed by atoms with van der Waals surface area (Å²) in [5, 5.41) is 4.97. The van der Waals surface area contributed by atoms with E-state index in [4.69, 9.17) is 9.15 Å². The summed E-state index contributed by atoms with van der Waals surface area (Å²) in [6.45, 7) is 1.52. The number of fused-ring (bicyclic) bond motifs is 1. The van der Waals surface area contributed by atoms with Gasteiger partial charge in [0.05, 0.1) is 0 Å². The van der Waals surface area contributed by atoms with Crippen LogP contribution >= 0.6 is 0 Å². The van der Waals surface area contributed by atoms with E-state index >= 15 is 0 Å². The van der Waals surface area contributed by atoms with E-state index in [9.17, 15) is 9.18 Å². The second-order valence-corrected chi connectivity index (χ2v) is 5.12. The maximum absolute atomic E-state index is 12.8. The molecule has 1 N–H and O–H groups in total. The van der Waals surface area contributed by atoms with Crippen molar-refractivity contribution in [3.8, 4) is 5.75 Å². The van der Waals surface area contributed by atoms with E-state index in [0.717, 1.165) is 11.0 Å². The first-order valence-corrected chi connectivity index (χ1v) is 7.32. The predicted octanol–water partition coefficient (Wildman–Crippen LogP) is 3.49. The monoisotopic (exact) mass is 326 g/mol. The second kappa shape index (κ2) is 6.95. The number of hydrogen-bond acceptors (Lipinski definition) is 4. The summed E-state index contributed by atoms with van der Waals surface area (Å²) in [5.41, 5.74) is 3.70. The summed E-state index contributed by atoms with van der Waals surface area (Å²) in [7, 11) is 0. The van der Waals surface area contributed by atoms with Gasteiger partial charge in [-0.2, -0.15) is 5.10 Å². The van der Waals surface area contributed by atoms with Crippen molar-refractivity contribution in [2.75, 3.05) is 6.61 Å². The van der Waals surface area contributed by atoms with Gasteiger partial charge in [-0.3, -0.25) is 4.79 Å². The highest BCUT2D eigenvalue weighted by molar-refractivity contribution is 6.00. The number of carbonyl (C=O) groups excluding carboxylic acids is 1. The number of halogens is 1. The van der Waals surface area contributed by atoms with Crippen molar-refractivity contribution in [2.45, 2.75) is 6.92 Å². The Morgan fingerprint density at radius 1 is 1.21 bits per heavy atom. The zero-order valence-electron chi connectivity index (χ0n) is 13.0. The molecule has 0 spiro atoms. The maximum Gasteiger partial charge on any atom is 0.277 e. The lowest BCUT2D eigenvalue weighted by atomic mass is 10.2. The minimum Gasteiger partial charge on any atom is -0.484 e. The molecule has 0 aliphatic carbocycles. The highest BCUT2D eigenvalue weighted by Gasteiger charge is 2.07. The summed E-state index contributed by atoms with van der Waals surface area (Å²) >= 11 is 0. The molecule has 0 unspecified atom stereocenters. The third-order valence-corrected chi connectivity index (χ3v) is 3.31. The molecule has 0 fully saturated rings. The molecule has 24 heavy (non-hydrogen) atoms. The number of ether oxygens (including phenoxy) is 1. The third kappa shape index (κ3) is 3.78. The van der Waals surface area contributed by atoms with Crippen molar-refractivity contribution < 1.29 is 18.3 Å².